The molecule has 3 saturated heterocycles. The third-order valence-electron chi connectivity index (χ3n) is 8.67. The summed E-state index contributed by atoms with van der Waals surface area (Å²) in [5, 5.41) is 3.32. The first kappa shape index (κ1) is 29.7. The largest absolute Gasteiger partial charge is 0.496 e. The maximum atomic E-state index is 14.2. The molecule has 3 N–H and O–H groups in total. The molecular weight excluding hydrogens is 598 g/mol. The highest BCUT2D eigenvalue weighted by molar-refractivity contribution is 7.51. The zero-order valence-electron chi connectivity index (χ0n) is 23.4. The molecule has 3 aromatic rings. The number of nitrogens with one attached hydrogen (secondary N) is 1. The van der Waals surface area contributed by atoms with E-state index in [2.05, 4.69) is 10.3 Å². The number of alkyl halides is 1. The molecule has 0 radical (unpaired) electrons. The molecule has 5 heterocycles. The Bertz CT molecular complexity index is 1620. The molecule has 1 aromatic carbocycles. The van der Waals surface area contributed by atoms with Crippen LogP contribution in [0.4, 0.5) is 4.39 Å². The zero-order chi connectivity index (χ0) is 30.5. The van der Waals surface area contributed by atoms with E-state index in [-0.39, 0.29) is 29.3 Å². The average Bonchev–Trinajstić information content (AvgIpc) is 3.55. The molecule has 228 valence electrons. The summed E-state index contributed by atoms with van der Waals surface area (Å²) in [5.41, 5.74) is 0.782. The fourth-order valence-electron chi connectivity index (χ4n) is 6.44. The molecule has 0 spiro atoms. The van der Waals surface area contributed by atoms with Gasteiger partial charge in [-0.15, -0.1) is 11.3 Å². The van der Waals surface area contributed by atoms with Crippen molar-refractivity contribution in [1.82, 2.24) is 20.1 Å². The molecule has 43 heavy (non-hydrogen) atoms. The van der Waals surface area contributed by atoms with E-state index in [9.17, 15) is 33.1 Å². The molecule has 2 aromatic heterocycles. The van der Waals surface area contributed by atoms with E-state index in [1.807, 2.05) is 0 Å². The van der Waals surface area contributed by atoms with Gasteiger partial charge in [-0.3, -0.25) is 23.9 Å². The van der Waals surface area contributed by atoms with E-state index in [0.29, 0.717) is 40.9 Å². The van der Waals surface area contributed by atoms with Gasteiger partial charge in [0.1, 0.15) is 17.8 Å². The zero-order valence-corrected chi connectivity index (χ0v) is 25.1. The second-order valence-electron chi connectivity index (χ2n) is 11.3. The Kier molecular flexibility index (Phi) is 8.01. The van der Waals surface area contributed by atoms with Gasteiger partial charge in [0.05, 0.1) is 12.0 Å². The van der Waals surface area contributed by atoms with Crippen LogP contribution in [0.2, 0.25) is 0 Å². The molecule has 4 atom stereocenters. The average molecular weight is 631 g/mol. The summed E-state index contributed by atoms with van der Waals surface area (Å²) in [6.07, 6.45) is 6.67. The number of pyridine rings is 1. The Balaban J connectivity index is 1.13. The smallest absolute Gasteiger partial charge is 0.363 e. The van der Waals surface area contributed by atoms with Gasteiger partial charge >= 0.3 is 7.60 Å². The summed E-state index contributed by atoms with van der Waals surface area (Å²) < 4.78 is 31.6. The number of likely N-dealkylation sites (tertiary alicyclic amines) is 1. The van der Waals surface area contributed by atoms with E-state index in [0.717, 1.165) is 41.9 Å². The summed E-state index contributed by atoms with van der Waals surface area (Å²) in [6.45, 7) is 1.05. The van der Waals surface area contributed by atoms with Gasteiger partial charge in [0, 0.05) is 47.7 Å². The minimum Gasteiger partial charge on any atom is -0.496 e. The fourth-order valence-corrected chi connectivity index (χ4v) is 7.93. The van der Waals surface area contributed by atoms with Gasteiger partial charge in [0.25, 0.3) is 5.91 Å². The van der Waals surface area contributed by atoms with Gasteiger partial charge in [-0.05, 0) is 67.3 Å². The van der Waals surface area contributed by atoms with Crippen LogP contribution >= 0.6 is 18.9 Å². The van der Waals surface area contributed by atoms with E-state index in [4.69, 9.17) is 4.74 Å². The minimum atomic E-state index is -4.97. The van der Waals surface area contributed by atoms with Crippen molar-refractivity contribution in [3.63, 3.8) is 0 Å². The molecule has 0 aliphatic carbocycles. The highest BCUT2D eigenvalue weighted by Crippen LogP contribution is 2.53. The number of nitrogens with zero attached hydrogens (tertiary/aromatic N) is 3. The summed E-state index contributed by atoms with van der Waals surface area (Å²) in [7, 11) is -3.37. The first-order valence-electron chi connectivity index (χ1n) is 14.2. The number of aromatic nitrogens is 1. The Morgan fingerprint density at radius 1 is 1.16 bits per heavy atom. The second-order valence-corrected chi connectivity index (χ2v) is 14.1. The van der Waals surface area contributed by atoms with Crippen molar-refractivity contribution in [1.29, 1.82) is 0 Å². The number of rotatable bonds is 7. The maximum Gasteiger partial charge on any atom is 0.363 e. The van der Waals surface area contributed by atoms with E-state index >= 15 is 0 Å². The van der Waals surface area contributed by atoms with Crippen LogP contribution in [-0.2, 0) is 14.2 Å². The van der Waals surface area contributed by atoms with E-state index in [1.54, 1.807) is 35.4 Å². The number of halogens is 1. The Labute approximate surface area is 251 Å². The Hall–Kier alpha value is -3.38. The van der Waals surface area contributed by atoms with Crippen LogP contribution in [0.3, 0.4) is 0 Å². The van der Waals surface area contributed by atoms with Crippen LogP contribution in [0.1, 0.15) is 64.7 Å². The highest BCUT2D eigenvalue weighted by Gasteiger charge is 2.47. The molecule has 3 aliphatic rings. The summed E-state index contributed by atoms with van der Waals surface area (Å²) >= 11 is 1.14. The van der Waals surface area contributed by atoms with Crippen molar-refractivity contribution >= 4 is 46.7 Å². The van der Waals surface area contributed by atoms with Crippen LogP contribution in [0.15, 0.2) is 42.7 Å². The van der Waals surface area contributed by atoms with Crippen molar-refractivity contribution < 1.29 is 37.9 Å². The number of hydrogen-bond donors (Lipinski definition) is 3. The number of amides is 3. The maximum absolute atomic E-state index is 14.2. The van der Waals surface area contributed by atoms with Crippen molar-refractivity contribution in [3.8, 4) is 5.75 Å². The van der Waals surface area contributed by atoms with Crippen LogP contribution in [0.25, 0.3) is 10.1 Å². The lowest BCUT2D eigenvalue weighted by atomic mass is 9.91. The normalized spacial score (nSPS) is 23.4. The number of fused-ring (bicyclic) bond motifs is 2. The molecule has 0 saturated carbocycles. The first-order chi connectivity index (χ1) is 20.5. The Morgan fingerprint density at radius 3 is 2.70 bits per heavy atom. The number of methoxy groups -OCH3 is 1. The number of ether oxygens (including phenoxy) is 1. The van der Waals surface area contributed by atoms with Crippen molar-refractivity contribution in [2.24, 2.45) is 0 Å². The molecule has 1 unspecified atom stereocenters. The Morgan fingerprint density at radius 2 is 1.95 bits per heavy atom. The lowest BCUT2D eigenvalue weighted by molar-refractivity contribution is -0.148. The molecule has 11 nitrogen and oxygen atoms in total. The predicted molar refractivity (Wildman–Crippen MR) is 157 cm³/mol. The number of benzene rings is 1. The molecular formula is C29H32FN4O7PS. The first-order valence-corrected chi connectivity index (χ1v) is 16.7. The van der Waals surface area contributed by atoms with Crippen molar-refractivity contribution in [3.05, 3.63) is 58.7 Å². The van der Waals surface area contributed by atoms with Gasteiger partial charge in [-0.25, -0.2) is 4.39 Å². The third kappa shape index (κ3) is 5.66. The number of carbonyl (C=O) groups excluding carboxylic acids is 3. The summed E-state index contributed by atoms with van der Waals surface area (Å²) in [5.74, 6) is -2.42. The molecule has 14 heteroatoms. The second kappa shape index (κ2) is 11.6. The lowest BCUT2D eigenvalue weighted by Crippen LogP contribution is -2.58. The summed E-state index contributed by atoms with van der Waals surface area (Å²) in [6, 6.07) is 6.03. The van der Waals surface area contributed by atoms with Crippen molar-refractivity contribution in [2.45, 2.75) is 62.1 Å². The molecule has 3 amide bonds. The quantitative estimate of drug-likeness (QED) is 0.335. The molecule has 0 bridgehead atoms. The number of thiophene rings is 1. The van der Waals surface area contributed by atoms with Crippen LogP contribution < -0.4 is 10.1 Å². The number of hydrogen-bond acceptors (Lipinski definition) is 7. The highest BCUT2D eigenvalue weighted by atomic mass is 32.1. The molecule has 3 fully saturated rings. The summed E-state index contributed by atoms with van der Waals surface area (Å²) in [4.78, 5) is 67.0. The standard InChI is InChI=1S/C29H32FN4O7PS/c1-41-23-9-10-31-13-20(23)18-14-33(15-18)29(37)22-7-6-19-3-2-4-21(28(36)34(19)22)32-27(35)25-12-17-11-16(5-8-24(17)43-25)26(30)42(38,39)40/h5,8-13,18-19,21-22,26H,2-4,6-7,14-15H2,1H3,(H,32,35)(H2,38,39,40)/t19-,21-,22-,26?/m0/s1. The number of carbonyl (C=O) groups is 3. The van der Waals surface area contributed by atoms with Gasteiger partial charge in [0.2, 0.25) is 17.7 Å². The van der Waals surface area contributed by atoms with Gasteiger partial charge in [-0.1, -0.05) is 6.07 Å². The minimum absolute atomic E-state index is 0.0516. The van der Waals surface area contributed by atoms with Crippen LogP contribution in [0, 0.1) is 0 Å². The van der Waals surface area contributed by atoms with Gasteiger partial charge in [0.15, 0.2) is 0 Å². The van der Waals surface area contributed by atoms with Crippen LogP contribution in [0.5, 0.6) is 5.75 Å². The topological polar surface area (TPSA) is 149 Å². The fraction of sp³-hybridized carbons (Fsp3) is 0.448. The van der Waals surface area contributed by atoms with Gasteiger partial charge in [-0.2, -0.15) is 0 Å². The predicted octanol–water partition coefficient (Wildman–Crippen LogP) is 3.72. The van der Waals surface area contributed by atoms with E-state index in [1.165, 1.54) is 24.3 Å². The van der Waals surface area contributed by atoms with E-state index < -0.39 is 31.5 Å². The third-order valence-corrected chi connectivity index (χ3v) is 10.7. The molecule has 3 aliphatic heterocycles. The van der Waals surface area contributed by atoms with Crippen LogP contribution in [-0.4, -0.2) is 80.6 Å². The monoisotopic (exact) mass is 630 g/mol. The lowest BCUT2D eigenvalue weighted by Gasteiger charge is -2.42. The molecule has 6 rings (SSSR count). The van der Waals surface area contributed by atoms with Gasteiger partial charge < -0.3 is 29.6 Å². The van der Waals surface area contributed by atoms with Crippen molar-refractivity contribution in [2.75, 3.05) is 20.2 Å². The SMILES string of the molecule is COc1ccncc1C1CN(C(=O)[C@@H]2CC[C@@H]3CCC[C@H](NC(=O)c4cc5cc(C(F)P(=O)(O)O)ccc5s4)C(=O)N32)C1.